The van der Waals surface area contributed by atoms with Crippen LogP contribution >= 0.6 is 34.3 Å². The quantitative estimate of drug-likeness (QED) is 0.614. The van der Waals surface area contributed by atoms with E-state index in [4.69, 9.17) is 11.6 Å². The summed E-state index contributed by atoms with van der Waals surface area (Å²) in [6.45, 7) is 0.345. The maximum absolute atomic E-state index is 12.2. The standard InChI is InChI=1S/C17H13ClN2O2S2/c18-13-3-1-2-4-14(13)20-17(22)19-9-12-5-6-15(24-12)16(21)11-7-8-23-10-11/h1-8,10H,9H2,(H2,19,20,22). The first-order chi connectivity index (χ1) is 11.6. The Morgan fingerprint density at radius 3 is 2.67 bits per heavy atom. The third kappa shape index (κ3) is 4.03. The van der Waals surface area contributed by atoms with Gasteiger partial charge in [0, 0.05) is 15.8 Å². The van der Waals surface area contributed by atoms with Crippen molar-refractivity contribution in [2.75, 3.05) is 5.32 Å². The first kappa shape index (κ1) is 16.7. The number of para-hydroxylation sites is 1. The molecule has 24 heavy (non-hydrogen) atoms. The highest BCUT2D eigenvalue weighted by molar-refractivity contribution is 7.14. The van der Waals surface area contributed by atoms with Crippen molar-refractivity contribution in [1.29, 1.82) is 0 Å². The first-order valence-electron chi connectivity index (χ1n) is 7.08. The lowest BCUT2D eigenvalue weighted by Crippen LogP contribution is -2.27. The average molecular weight is 377 g/mol. The maximum atomic E-state index is 12.2. The van der Waals surface area contributed by atoms with Crippen molar-refractivity contribution >= 4 is 51.8 Å². The topological polar surface area (TPSA) is 58.2 Å². The number of ketones is 1. The van der Waals surface area contributed by atoms with E-state index in [0.29, 0.717) is 27.7 Å². The van der Waals surface area contributed by atoms with E-state index < -0.39 is 0 Å². The molecule has 0 saturated carbocycles. The second kappa shape index (κ2) is 7.61. The zero-order chi connectivity index (χ0) is 16.9. The summed E-state index contributed by atoms with van der Waals surface area (Å²) < 4.78 is 0. The third-order valence-electron chi connectivity index (χ3n) is 3.21. The number of amides is 2. The number of carbonyl (C=O) groups excluding carboxylic acids is 2. The van der Waals surface area contributed by atoms with E-state index in [0.717, 1.165) is 4.88 Å². The monoisotopic (exact) mass is 376 g/mol. The van der Waals surface area contributed by atoms with E-state index in [9.17, 15) is 9.59 Å². The Hall–Kier alpha value is -2.15. The van der Waals surface area contributed by atoms with Gasteiger partial charge in [-0.25, -0.2) is 4.79 Å². The van der Waals surface area contributed by atoms with Crippen LogP contribution in [0.2, 0.25) is 5.02 Å². The molecular weight excluding hydrogens is 364 g/mol. The number of rotatable bonds is 5. The van der Waals surface area contributed by atoms with Crippen molar-refractivity contribution in [2.24, 2.45) is 0 Å². The van der Waals surface area contributed by atoms with Crippen LogP contribution in [-0.4, -0.2) is 11.8 Å². The van der Waals surface area contributed by atoms with Crippen LogP contribution < -0.4 is 10.6 Å². The molecular formula is C17H13ClN2O2S2. The molecule has 0 atom stereocenters. The van der Waals surface area contributed by atoms with Gasteiger partial charge in [-0.1, -0.05) is 23.7 Å². The minimum Gasteiger partial charge on any atom is -0.333 e. The maximum Gasteiger partial charge on any atom is 0.319 e. The zero-order valence-corrected chi connectivity index (χ0v) is 14.8. The summed E-state index contributed by atoms with van der Waals surface area (Å²) in [7, 11) is 0. The normalized spacial score (nSPS) is 10.4. The van der Waals surface area contributed by atoms with E-state index in [2.05, 4.69) is 10.6 Å². The number of urea groups is 1. The summed E-state index contributed by atoms with van der Waals surface area (Å²) in [5, 5.41) is 9.63. The highest BCUT2D eigenvalue weighted by atomic mass is 35.5. The molecule has 122 valence electrons. The van der Waals surface area contributed by atoms with Crippen LogP contribution in [0.1, 0.15) is 20.1 Å². The molecule has 2 N–H and O–H groups in total. The van der Waals surface area contributed by atoms with Crippen LogP contribution in [0.15, 0.2) is 53.2 Å². The van der Waals surface area contributed by atoms with E-state index in [1.54, 1.807) is 30.3 Å². The molecule has 2 heterocycles. The van der Waals surface area contributed by atoms with E-state index >= 15 is 0 Å². The number of thiophene rings is 2. The Morgan fingerprint density at radius 2 is 1.92 bits per heavy atom. The van der Waals surface area contributed by atoms with Gasteiger partial charge in [-0.2, -0.15) is 11.3 Å². The van der Waals surface area contributed by atoms with Gasteiger partial charge in [0.15, 0.2) is 0 Å². The summed E-state index contributed by atoms with van der Waals surface area (Å²) in [4.78, 5) is 25.7. The van der Waals surface area contributed by atoms with Crippen molar-refractivity contribution in [1.82, 2.24) is 5.32 Å². The summed E-state index contributed by atoms with van der Waals surface area (Å²) in [5.41, 5.74) is 1.24. The number of hydrogen-bond donors (Lipinski definition) is 2. The summed E-state index contributed by atoms with van der Waals surface area (Å²) in [5.74, 6) is 0.00742. The Bertz CT molecular complexity index is 859. The zero-order valence-electron chi connectivity index (χ0n) is 12.4. The van der Waals surface area contributed by atoms with E-state index in [1.165, 1.54) is 22.7 Å². The van der Waals surface area contributed by atoms with Crippen LogP contribution in [0, 0.1) is 0 Å². The minimum absolute atomic E-state index is 0.00742. The molecule has 0 saturated heterocycles. The van der Waals surface area contributed by atoms with Crippen LogP contribution in [0.25, 0.3) is 0 Å². The Balaban J connectivity index is 1.56. The van der Waals surface area contributed by atoms with Gasteiger partial charge in [-0.15, -0.1) is 11.3 Å². The van der Waals surface area contributed by atoms with Crippen LogP contribution in [0.4, 0.5) is 10.5 Å². The van der Waals surface area contributed by atoms with Crippen LogP contribution in [0.5, 0.6) is 0 Å². The van der Waals surface area contributed by atoms with Gasteiger partial charge in [-0.3, -0.25) is 4.79 Å². The highest BCUT2D eigenvalue weighted by Crippen LogP contribution is 2.22. The largest absolute Gasteiger partial charge is 0.333 e. The summed E-state index contributed by atoms with van der Waals surface area (Å²) in [6, 6.07) is 12.1. The smallest absolute Gasteiger partial charge is 0.319 e. The molecule has 3 rings (SSSR count). The minimum atomic E-state index is -0.345. The van der Waals surface area contributed by atoms with Crippen molar-refractivity contribution in [3.63, 3.8) is 0 Å². The number of hydrogen-bond acceptors (Lipinski definition) is 4. The van der Waals surface area contributed by atoms with E-state index in [1.807, 2.05) is 22.9 Å². The van der Waals surface area contributed by atoms with Gasteiger partial charge < -0.3 is 10.6 Å². The number of benzene rings is 1. The first-order valence-corrected chi connectivity index (χ1v) is 9.22. The Morgan fingerprint density at radius 1 is 1.08 bits per heavy atom. The van der Waals surface area contributed by atoms with Gasteiger partial charge in [0.1, 0.15) is 0 Å². The van der Waals surface area contributed by atoms with Crippen molar-refractivity contribution in [3.05, 3.63) is 73.6 Å². The lowest BCUT2D eigenvalue weighted by Gasteiger charge is -2.07. The molecule has 1 aromatic carbocycles. The van der Waals surface area contributed by atoms with Crippen molar-refractivity contribution in [2.45, 2.75) is 6.54 Å². The van der Waals surface area contributed by atoms with Gasteiger partial charge >= 0.3 is 6.03 Å². The van der Waals surface area contributed by atoms with E-state index in [-0.39, 0.29) is 11.8 Å². The van der Waals surface area contributed by atoms with Gasteiger partial charge in [0.05, 0.1) is 22.1 Å². The SMILES string of the molecule is O=C(NCc1ccc(C(=O)c2ccsc2)s1)Nc1ccccc1Cl. The third-order valence-corrected chi connectivity index (χ3v) is 5.31. The predicted molar refractivity (Wildman–Crippen MR) is 99.4 cm³/mol. The molecule has 0 fully saturated rings. The van der Waals surface area contributed by atoms with Crippen molar-refractivity contribution < 1.29 is 9.59 Å². The molecule has 0 unspecified atom stereocenters. The molecule has 2 aromatic heterocycles. The second-order valence-corrected chi connectivity index (χ2v) is 7.25. The molecule has 2 amide bonds. The Kier molecular flexibility index (Phi) is 5.30. The number of nitrogens with one attached hydrogen (secondary N) is 2. The highest BCUT2D eigenvalue weighted by Gasteiger charge is 2.12. The second-order valence-electron chi connectivity index (χ2n) is 4.89. The van der Waals surface area contributed by atoms with Gasteiger partial charge in [-0.05, 0) is 35.7 Å². The van der Waals surface area contributed by atoms with Crippen molar-refractivity contribution in [3.8, 4) is 0 Å². The predicted octanol–water partition coefficient (Wildman–Crippen LogP) is 5.02. The fourth-order valence-electron chi connectivity index (χ4n) is 2.03. The molecule has 0 radical (unpaired) electrons. The summed E-state index contributed by atoms with van der Waals surface area (Å²) >= 11 is 8.87. The average Bonchev–Trinajstić information content (AvgIpc) is 3.26. The molecule has 0 aliphatic rings. The molecule has 0 aliphatic carbocycles. The molecule has 0 spiro atoms. The number of halogens is 1. The van der Waals surface area contributed by atoms with Crippen LogP contribution in [0.3, 0.4) is 0 Å². The Labute approximate surface area is 152 Å². The lowest BCUT2D eigenvalue weighted by molar-refractivity contribution is 0.104. The summed E-state index contributed by atoms with van der Waals surface area (Å²) in [6.07, 6.45) is 0. The molecule has 3 aromatic rings. The fraction of sp³-hybridized carbons (Fsp3) is 0.0588. The molecule has 0 aliphatic heterocycles. The van der Waals surface area contributed by atoms with Crippen LogP contribution in [-0.2, 0) is 6.54 Å². The number of carbonyl (C=O) groups is 2. The lowest BCUT2D eigenvalue weighted by atomic mass is 10.2. The van der Waals surface area contributed by atoms with Gasteiger partial charge in [0.2, 0.25) is 5.78 Å². The fourth-order valence-corrected chi connectivity index (χ4v) is 3.76. The molecule has 7 heteroatoms. The molecule has 4 nitrogen and oxygen atoms in total. The van der Waals surface area contributed by atoms with Gasteiger partial charge in [0.25, 0.3) is 0 Å². The molecule has 0 bridgehead atoms. The number of anilines is 1.